The fourth-order valence-electron chi connectivity index (χ4n) is 4.99. The van der Waals surface area contributed by atoms with E-state index in [1.807, 2.05) is 49.9 Å². The maximum absolute atomic E-state index is 13.3. The predicted octanol–water partition coefficient (Wildman–Crippen LogP) is 5.54. The molecular weight excluding hydrogens is 440 g/mol. The number of carboxylic acid groups (broad SMARTS) is 1. The van der Waals surface area contributed by atoms with E-state index in [9.17, 15) is 9.59 Å². The zero-order chi connectivity index (χ0) is 25.0. The molecule has 6 nitrogen and oxygen atoms in total. The monoisotopic (exact) mass is 476 g/mol. The van der Waals surface area contributed by atoms with Crippen molar-refractivity contribution in [1.29, 1.82) is 0 Å². The molecule has 2 aromatic carbocycles. The summed E-state index contributed by atoms with van der Waals surface area (Å²) < 4.78 is 5.84. The Bertz CT molecular complexity index is 1050. The molecule has 2 unspecified atom stereocenters. The molecule has 2 aromatic rings. The first kappa shape index (κ1) is 25.0. The number of ether oxygens (including phenoxy) is 1. The number of amides is 1. The molecular formula is C29H36N2O4. The third-order valence-electron chi connectivity index (χ3n) is 6.67. The molecule has 2 aliphatic rings. The minimum absolute atomic E-state index is 0.171. The molecule has 0 bridgehead atoms. The first-order chi connectivity index (χ1) is 16.7. The van der Waals surface area contributed by atoms with Gasteiger partial charge < -0.3 is 14.7 Å². The minimum atomic E-state index is -0.947. The number of aliphatic carboxylic acids is 1. The van der Waals surface area contributed by atoms with Crippen molar-refractivity contribution in [2.75, 3.05) is 13.1 Å². The van der Waals surface area contributed by atoms with Crippen LogP contribution in [0.2, 0.25) is 0 Å². The molecule has 186 valence electrons. The van der Waals surface area contributed by atoms with E-state index in [0.717, 1.165) is 56.1 Å². The fourth-order valence-corrected chi connectivity index (χ4v) is 4.99. The molecule has 35 heavy (non-hydrogen) atoms. The molecule has 1 aliphatic carbocycles. The summed E-state index contributed by atoms with van der Waals surface area (Å²) in [4.78, 5) is 28.5. The summed E-state index contributed by atoms with van der Waals surface area (Å²) in [5, 5.41) is 8.87. The van der Waals surface area contributed by atoms with Crippen molar-refractivity contribution in [3.8, 4) is 0 Å². The Morgan fingerprint density at radius 1 is 1.09 bits per heavy atom. The van der Waals surface area contributed by atoms with Gasteiger partial charge in [0.25, 0.3) is 0 Å². The molecule has 1 N–H and O–H groups in total. The number of hydrogen-bond acceptors (Lipinski definition) is 4. The van der Waals surface area contributed by atoms with Crippen LogP contribution < -0.4 is 0 Å². The fraction of sp³-hybridized carbons (Fsp3) is 0.448. The van der Waals surface area contributed by atoms with Gasteiger partial charge >= 0.3 is 12.1 Å². The van der Waals surface area contributed by atoms with E-state index >= 15 is 0 Å². The van der Waals surface area contributed by atoms with E-state index in [1.165, 1.54) is 5.56 Å². The van der Waals surface area contributed by atoms with Gasteiger partial charge in [0.15, 0.2) is 0 Å². The lowest BCUT2D eigenvalue weighted by Gasteiger charge is -2.39. The van der Waals surface area contributed by atoms with Gasteiger partial charge in [-0.1, -0.05) is 54.6 Å². The van der Waals surface area contributed by atoms with Gasteiger partial charge in [-0.2, -0.15) is 0 Å². The van der Waals surface area contributed by atoms with Gasteiger partial charge in [0.1, 0.15) is 5.60 Å². The SMILES string of the molecule is CC(C)(C)OC(=O)N(C1CCN(Cc2cccc(/C=C/C(=O)O)c2)CC1)C1CC1c1ccccc1. The van der Waals surface area contributed by atoms with Crippen molar-refractivity contribution in [2.24, 2.45) is 0 Å². The average molecular weight is 477 g/mol. The van der Waals surface area contributed by atoms with Gasteiger partial charge in [-0.05, 0) is 62.8 Å². The van der Waals surface area contributed by atoms with Crippen LogP contribution in [0.3, 0.4) is 0 Å². The number of benzene rings is 2. The van der Waals surface area contributed by atoms with Gasteiger partial charge in [-0.3, -0.25) is 4.90 Å². The molecule has 2 fully saturated rings. The predicted molar refractivity (Wildman–Crippen MR) is 137 cm³/mol. The highest BCUT2D eigenvalue weighted by Gasteiger charge is 2.48. The number of likely N-dealkylation sites (tertiary alicyclic amines) is 1. The molecule has 1 saturated carbocycles. The Balaban J connectivity index is 1.40. The second-order valence-electron chi connectivity index (χ2n) is 10.6. The number of carboxylic acids is 1. The van der Waals surface area contributed by atoms with Crippen molar-refractivity contribution in [1.82, 2.24) is 9.80 Å². The van der Waals surface area contributed by atoms with Crippen molar-refractivity contribution in [3.05, 3.63) is 77.4 Å². The van der Waals surface area contributed by atoms with Crippen molar-refractivity contribution in [2.45, 2.75) is 70.2 Å². The number of carbonyl (C=O) groups excluding carboxylic acids is 1. The Labute approximate surface area is 208 Å². The summed E-state index contributed by atoms with van der Waals surface area (Å²) in [6.45, 7) is 8.39. The number of nitrogens with zero attached hydrogens (tertiary/aromatic N) is 2. The maximum Gasteiger partial charge on any atom is 0.410 e. The highest BCUT2D eigenvalue weighted by Crippen LogP contribution is 2.46. The maximum atomic E-state index is 13.3. The van der Waals surface area contributed by atoms with Crippen molar-refractivity contribution < 1.29 is 19.4 Å². The van der Waals surface area contributed by atoms with Crippen LogP contribution in [0.5, 0.6) is 0 Å². The number of hydrogen-bond donors (Lipinski definition) is 1. The largest absolute Gasteiger partial charge is 0.478 e. The van der Waals surface area contributed by atoms with Crippen LogP contribution in [-0.2, 0) is 16.1 Å². The summed E-state index contributed by atoms with van der Waals surface area (Å²) in [5.41, 5.74) is 2.82. The van der Waals surface area contributed by atoms with E-state index in [4.69, 9.17) is 9.84 Å². The zero-order valence-corrected chi connectivity index (χ0v) is 20.9. The molecule has 1 heterocycles. The lowest BCUT2D eigenvalue weighted by Crippen LogP contribution is -2.50. The van der Waals surface area contributed by atoms with Crippen LogP contribution in [0.1, 0.15) is 62.6 Å². The van der Waals surface area contributed by atoms with Crippen molar-refractivity contribution >= 4 is 18.1 Å². The summed E-state index contributed by atoms with van der Waals surface area (Å²) in [6, 6.07) is 18.8. The lowest BCUT2D eigenvalue weighted by atomic mass is 10.0. The lowest BCUT2D eigenvalue weighted by molar-refractivity contribution is -0.131. The summed E-state index contributed by atoms with van der Waals surface area (Å²) in [5.74, 6) is -0.569. The average Bonchev–Trinajstić information content (AvgIpc) is 3.59. The molecule has 1 saturated heterocycles. The Morgan fingerprint density at radius 2 is 1.80 bits per heavy atom. The normalized spacial score (nSPS) is 21.1. The van der Waals surface area contributed by atoms with Gasteiger partial charge in [-0.25, -0.2) is 9.59 Å². The second-order valence-corrected chi connectivity index (χ2v) is 10.6. The number of rotatable bonds is 7. The van der Waals surface area contributed by atoms with Crippen LogP contribution in [0.4, 0.5) is 4.79 Å². The standard InChI is InChI=1S/C29H36N2O4/c1-29(2,3)35-28(34)31(26-19-25(26)23-10-5-4-6-11-23)24-14-16-30(17-15-24)20-22-9-7-8-21(18-22)12-13-27(32)33/h4-13,18,24-26H,14-17,19-20H2,1-3H3,(H,32,33)/b13-12+. The van der Waals surface area contributed by atoms with Gasteiger partial charge in [0.05, 0.1) is 0 Å². The third kappa shape index (κ3) is 6.95. The topological polar surface area (TPSA) is 70.1 Å². The Morgan fingerprint density at radius 3 is 2.46 bits per heavy atom. The molecule has 6 heteroatoms. The summed E-state index contributed by atoms with van der Waals surface area (Å²) in [7, 11) is 0. The highest BCUT2D eigenvalue weighted by atomic mass is 16.6. The van der Waals surface area contributed by atoms with Crippen LogP contribution >= 0.6 is 0 Å². The minimum Gasteiger partial charge on any atom is -0.478 e. The molecule has 2 atom stereocenters. The van der Waals surface area contributed by atoms with E-state index in [1.54, 1.807) is 6.08 Å². The van der Waals surface area contributed by atoms with Crippen molar-refractivity contribution in [3.63, 3.8) is 0 Å². The first-order valence-corrected chi connectivity index (χ1v) is 12.5. The van der Waals surface area contributed by atoms with Crippen LogP contribution in [-0.4, -0.2) is 57.7 Å². The van der Waals surface area contributed by atoms with Gasteiger partial charge in [0.2, 0.25) is 0 Å². The van der Waals surface area contributed by atoms with E-state index < -0.39 is 11.6 Å². The van der Waals surface area contributed by atoms with Gasteiger partial charge in [-0.15, -0.1) is 0 Å². The second kappa shape index (κ2) is 10.6. The number of piperidine rings is 1. The van der Waals surface area contributed by atoms with Crippen LogP contribution in [0, 0.1) is 0 Å². The quantitative estimate of drug-likeness (QED) is 0.531. The Hall–Kier alpha value is -3.12. The van der Waals surface area contributed by atoms with E-state index in [2.05, 4.69) is 35.2 Å². The van der Waals surface area contributed by atoms with Crippen LogP contribution in [0.25, 0.3) is 6.08 Å². The molecule has 0 radical (unpaired) electrons. The summed E-state index contributed by atoms with van der Waals surface area (Å²) >= 11 is 0. The van der Waals surface area contributed by atoms with Gasteiger partial charge in [0, 0.05) is 43.7 Å². The molecule has 4 rings (SSSR count). The molecule has 0 spiro atoms. The number of carbonyl (C=O) groups is 2. The Kier molecular flexibility index (Phi) is 7.60. The highest BCUT2D eigenvalue weighted by molar-refractivity contribution is 5.85. The smallest absolute Gasteiger partial charge is 0.410 e. The third-order valence-corrected chi connectivity index (χ3v) is 6.67. The molecule has 0 aromatic heterocycles. The van der Waals surface area contributed by atoms with Crippen LogP contribution in [0.15, 0.2) is 60.7 Å². The van der Waals surface area contributed by atoms with E-state index in [-0.39, 0.29) is 18.2 Å². The van der Waals surface area contributed by atoms with E-state index in [0.29, 0.717) is 5.92 Å². The summed E-state index contributed by atoms with van der Waals surface area (Å²) in [6.07, 6.45) is 5.40. The zero-order valence-electron chi connectivity index (χ0n) is 20.9. The first-order valence-electron chi connectivity index (χ1n) is 12.5. The molecule has 1 amide bonds. The molecule has 1 aliphatic heterocycles.